The number of para-hydroxylation sites is 1. The van der Waals surface area contributed by atoms with Crippen LogP contribution in [0.1, 0.15) is 28.2 Å². The summed E-state index contributed by atoms with van der Waals surface area (Å²) in [5.41, 5.74) is 4.71. The normalized spacial score (nSPS) is 15.2. The van der Waals surface area contributed by atoms with Crippen LogP contribution in [0.4, 0.5) is 0 Å². The molecule has 0 aliphatic heterocycles. The highest BCUT2D eigenvalue weighted by Gasteiger charge is 2.38. The fraction of sp³-hybridized carbons (Fsp3) is 0.160. The van der Waals surface area contributed by atoms with Crippen molar-refractivity contribution in [1.29, 1.82) is 0 Å². The Balaban J connectivity index is 1.83. The fourth-order valence-electron chi connectivity index (χ4n) is 3.72. The van der Waals surface area contributed by atoms with Crippen LogP contribution >= 0.6 is 11.6 Å². The van der Waals surface area contributed by atoms with Gasteiger partial charge < -0.3 is 9.47 Å². The van der Waals surface area contributed by atoms with E-state index < -0.39 is 0 Å². The lowest BCUT2D eigenvalue weighted by molar-refractivity contribution is -0.136. The molecule has 1 aliphatic carbocycles. The summed E-state index contributed by atoms with van der Waals surface area (Å²) in [6.45, 7) is 2.06. The first-order valence-corrected chi connectivity index (χ1v) is 9.85. The predicted molar refractivity (Wildman–Crippen MR) is 115 cm³/mol. The van der Waals surface area contributed by atoms with Crippen molar-refractivity contribution in [3.63, 3.8) is 0 Å². The molecule has 0 bridgehead atoms. The molecule has 1 aliphatic rings. The molecule has 4 heteroatoms. The summed E-state index contributed by atoms with van der Waals surface area (Å²) in [5, 5.41) is 0.595. The molecule has 3 aromatic rings. The van der Waals surface area contributed by atoms with Crippen LogP contribution in [0.15, 0.2) is 78.4 Å². The zero-order valence-electron chi connectivity index (χ0n) is 16.3. The Bertz CT molecular complexity index is 1070. The molecule has 0 heterocycles. The van der Waals surface area contributed by atoms with Crippen molar-refractivity contribution in [3.8, 4) is 5.75 Å². The molecule has 1 atom stereocenters. The maximum absolute atomic E-state index is 12.8. The monoisotopic (exact) mass is 404 g/mol. The Hall–Kier alpha value is -3.04. The third-order valence-corrected chi connectivity index (χ3v) is 5.39. The minimum absolute atomic E-state index is 0.170. The van der Waals surface area contributed by atoms with Crippen LogP contribution in [0, 0.1) is 6.92 Å². The van der Waals surface area contributed by atoms with Gasteiger partial charge in [-0.05, 0) is 48.7 Å². The molecule has 1 unspecified atom stereocenters. The van der Waals surface area contributed by atoms with Gasteiger partial charge in [0, 0.05) is 16.5 Å². The van der Waals surface area contributed by atoms with E-state index in [1.54, 1.807) is 0 Å². The van der Waals surface area contributed by atoms with Crippen molar-refractivity contribution in [3.05, 3.63) is 106 Å². The van der Waals surface area contributed by atoms with Crippen LogP contribution in [0.3, 0.4) is 0 Å². The summed E-state index contributed by atoms with van der Waals surface area (Å²) in [4.78, 5) is 12.8. The number of carbonyl (C=O) groups excluding carboxylic acids is 1. The highest BCUT2D eigenvalue weighted by molar-refractivity contribution is 6.30. The van der Waals surface area contributed by atoms with Crippen molar-refractivity contribution >= 4 is 23.3 Å². The zero-order chi connectivity index (χ0) is 20.4. The molecule has 0 saturated heterocycles. The highest BCUT2D eigenvalue weighted by Crippen LogP contribution is 2.45. The molecule has 0 amide bonds. The van der Waals surface area contributed by atoms with Gasteiger partial charge in [-0.15, -0.1) is 0 Å². The minimum Gasteiger partial charge on any atom is -0.466 e. The maximum atomic E-state index is 12.8. The summed E-state index contributed by atoms with van der Waals surface area (Å²) in [5.74, 6) is 0.611. The second kappa shape index (κ2) is 8.14. The van der Waals surface area contributed by atoms with Gasteiger partial charge in [-0.25, -0.2) is 4.79 Å². The van der Waals surface area contributed by atoms with Crippen LogP contribution in [-0.2, 0) is 16.0 Å². The number of benzene rings is 3. The molecular weight excluding hydrogens is 384 g/mol. The highest BCUT2D eigenvalue weighted by atomic mass is 35.5. The van der Waals surface area contributed by atoms with Gasteiger partial charge in [-0.2, -0.15) is 0 Å². The number of esters is 1. The number of carbonyl (C=O) groups is 1. The van der Waals surface area contributed by atoms with Crippen LogP contribution in [-0.4, -0.2) is 13.1 Å². The molecule has 0 spiro atoms. The molecule has 0 fully saturated rings. The van der Waals surface area contributed by atoms with Crippen molar-refractivity contribution in [1.82, 2.24) is 0 Å². The van der Waals surface area contributed by atoms with E-state index in [0.29, 0.717) is 28.5 Å². The SMILES string of the molecule is COC(=O)C1=C(Oc2ccccc2)c2cc(Cl)ccc2C1Cc1ccc(C)cc1. The predicted octanol–water partition coefficient (Wildman–Crippen LogP) is 5.95. The molecule has 0 saturated carbocycles. The van der Waals surface area contributed by atoms with Gasteiger partial charge in [0.15, 0.2) is 0 Å². The van der Waals surface area contributed by atoms with Gasteiger partial charge in [0.1, 0.15) is 11.5 Å². The van der Waals surface area contributed by atoms with Crippen molar-refractivity contribution in [2.75, 3.05) is 7.11 Å². The van der Waals surface area contributed by atoms with Crippen LogP contribution < -0.4 is 4.74 Å². The van der Waals surface area contributed by atoms with Crippen LogP contribution in [0.5, 0.6) is 5.75 Å². The van der Waals surface area contributed by atoms with Gasteiger partial charge in [0.05, 0.1) is 12.7 Å². The average Bonchev–Trinajstić information content (AvgIpc) is 3.02. The number of hydrogen-bond acceptors (Lipinski definition) is 3. The Kier molecular flexibility index (Phi) is 5.41. The fourth-order valence-corrected chi connectivity index (χ4v) is 3.89. The number of rotatable bonds is 5. The van der Waals surface area contributed by atoms with E-state index in [1.165, 1.54) is 12.7 Å². The summed E-state index contributed by atoms with van der Waals surface area (Å²) < 4.78 is 11.3. The molecule has 4 rings (SSSR count). The minimum atomic E-state index is -0.389. The summed E-state index contributed by atoms with van der Waals surface area (Å²) in [6, 6.07) is 23.5. The van der Waals surface area contributed by atoms with Crippen LogP contribution in [0.25, 0.3) is 5.76 Å². The third kappa shape index (κ3) is 3.92. The topological polar surface area (TPSA) is 35.5 Å². The van der Waals surface area contributed by atoms with Crippen molar-refractivity contribution in [2.45, 2.75) is 19.3 Å². The lowest BCUT2D eigenvalue weighted by atomic mass is 9.89. The largest absolute Gasteiger partial charge is 0.466 e. The molecule has 3 nitrogen and oxygen atoms in total. The molecule has 0 aromatic heterocycles. The molecule has 29 heavy (non-hydrogen) atoms. The Morgan fingerprint density at radius 2 is 1.72 bits per heavy atom. The Labute approximate surface area is 175 Å². The van der Waals surface area contributed by atoms with E-state index in [1.807, 2.05) is 48.5 Å². The smallest absolute Gasteiger partial charge is 0.338 e. The Morgan fingerprint density at radius 1 is 1.00 bits per heavy atom. The second-order valence-electron chi connectivity index (χ2n) is 7.12. The van der Waals surface area contributed by atoms with E-state index in [4.69, 9.17) is 21.1 Å². The van der Waals surface area contributed by atoms with E-state index >= 15 is 0 Å². The van der Waals surface area contributed by atoms with E-state index in [-0.39, 0.29) is 11.9 Å². The number of aryl methyl sites for hydroxylation is 1. The van der Waals surface area contributed by atoms with Gasteiger partial charge in [0.2, 0.25) is 0 Å². The number of fused-ring (bicyclic) bond motifs is 1. The number of methoxy groups -OCH3 is 1. The van der Waals surface area contributed by atoms with Gasteiger partial charge >= 0.3 is 5.97 Å². The molecule has 146 valence electrons. The molecular formula is C25H21ClO3. The summed E-state index contributed by atoms with van der Waals surface area (Å²) >= 11 is 6.28. The number of halogens is 1. The molecule has 0 N–H and O–H groups in total. The molecule has 0 radical (unpaired) electrons. The van der Waals surface area contributed by atoms with E-state index in [0.717, 1.165) is 16.7 Å². The summed E-state index contributed by atoms with van der Waals surface area (Å²) in [6.07, 6.45) is 0.668. The Morgan fingerprint density at radius 3 is 2.41 bits per heavy atom. The lowest BCUT2D eigenvalue weighted by Crippen LogP contribution is -2.14. The average molecular weight is 405 g/mol. The van der Waals surface area contributed by atoms with Crippen LogP contribution in [0.2, 0.25) is 5.02 Å². The van der Waals surface area contributed by atoms with E-state index in [9.17, 15) is 4.79 Å². The molecule has 3 aromatic carbocycles. The maximum Gasteiger partial charge on any atom is 0.338 e. The number of hydrogen-bond donors (Lipinski definition) is 0. The first-order chi connectivity index (χ1) is 14.1. The van der Waals surface area contributed by atoms with Gasteiger partial charge in [0.25, 0.3) is 0 Å². The summed E-state index contributed by atoms with van der Waals surface area (Å²) in [7, 11) is 1.40. The standard InChI is InChI=1S/C25H21ClO3/c1-16-8-10-17(11-9-16)14-21-20-13-12-18(26)15-22(20)24(23(21)25(27)28-2)29-19-6-4-3-5-7-19/h3-13,15,21H,14H2,1-2H3. The number of ether oxygens (including phenoxy) is 2. The van der Waals surface area contributed by atoms with E-state index in [2.05, 4.69) is 31.2 Å². The first kappa shape index (κ1) is 19.3. The zero-order valence-corrected chi connectivity index (χ0v) is 17.1. The van der Waals surface area contributed by atoms with Crippen molar-refractivity contribution in [2.24, 2.45) is 0 Å². The third-order valence-electron chi connectivity index (χ3n) is 5.16. The van der Waals surface area contributed by atoms with Gasteiger partial charge in [-0.3, -0.25) is 0 Å². The second-order valence-corrected chi connectivity index (χ2v) is 7.56. The van der Waals surface area contributed by atoms with Gasteiger partial charge in [-0.1, -0.05) is 65.7 Å². The van der Waals surface area contributed by atoms with Crippen molar-refractivity contribution < 1.29 is 14.3 Å². The lowest BCUT2D eigenvalue weighted by Gasteiger charge is -2.15. The quantitative estimate of drug-likeness (QED) is 0.493. The first-order valence-electron chi connectivity index (χ1n) is 9.47.